The van der Waals surface area contributed by atoms with Crippen LogP contribution in [0, 0.1) is 6.92 Å². The van der Waals surface area contributed by atoms with Crippen molar-refractivity contribution in [3.8, 4) is 0 Å². The van der Waals surface area contributed by atoms with Crippen LogP contribution in [0.3, 0.4) is 0 Å². The fraction of sp³-hybridized carbons (Fsp3) is 0.0769. The van der Waals surface area contributed by atoms with Crippen LogP contribution in [0.2, 0.25) is 0 Å². The van der Waals surface area contributed by atoms with Gasteiger partial charge in [-0.05, 0) is 25.1 Å². The van der Waals surface area contributed by atoms with Crippen molar-refractivity contribution < 1.29 is 9.59 Å². The number of aromatic nitrogens is 2. The van der Waals surface area contributed by atoms with Crippen LogP contribution in [0.5, 0.6) is 0 Å². The molecule has 0 unspecified atom stereocenters. The smallest absolute Gasteiger partial charge is 0.316 e. The number of hydrogen-bond acceptors (Lipinski definition) is 4. The highest BCUT2D eigenvalue weighted by atomic mass is 16.2. The Hall–Kier alpha value is -2.76. The number of nitrogens with zero attached hydrogens (tertiary/aromatic N) is 2. The van der Waals surface area contributed by atoms with Crippen LogP contribution in [0.1, 0.15) is 5.56 Å². The number of benzene rings is 1. The van der Waals surface area contributed by atoms with Gasteiger partial charge in [0.2, 0.25) is 5.95 Å². The summed E-state index contributed by atoms with van der Waals surface area (Å²) in [5, 5.41) is 4.78. The average Bonchev–Trinajstić information content (AvgIpc) is 2.42. The molecular weight excluding hydrogens is 244 g/mol. The summed E-state index contributed by atoms with van der Waals surface area (Å²) in [6.07, 6.45) is 2.95. The van der Waals surface area contributed by atoms with Gasteiger partial charge >= 0.3 is 11.8 Å². The molecule has 2 amide bonds. The predicted molar refractivity (Wildman–Crippen MR) is 70.5 cm³/mol. The van der Waals surface area contributed by atoms with Gasteiger partial charge in [-0.15, -0.1) is 0 Å². The van der Waals surface area contributed by atoms with Crippen LogP contribution in [0.4, 0.5) is 11.6 Å². The monoisotopic (exact) mass is 256 g/mol. The van der Waals surface area contributed by atoms with E-state index in [1.54, 1.807) is 18.2 Å². The Labute approximate surface area is 109 Å². The maximum Gasteiger partial charge on any atom is 0.316 e. The van der Waals surface area contributed by atoms with Gasteiger partial charge < -0.3 is 5.32 Å². The molecule has 0 aliphatic carbocycles. The number of aryl methyl sites for hydroxylation is 1. The van der Waals surface area contributed by atoms with Crippen molar-refractivity contribution in [1.82, 2.24) is 9.97 Å². The third-order valence-electron chi connectivity index (χ3n) is 2.31. The van der Waals surface area contributed by atoms with Crippen LogP contribution in [-0.4, -0.2) is 21.8 Å². The number of carbonyl (C=O) groups is 2. The fourth-order valence-corrected chi connectivity index (χ4v) is 1.35. The molecule has 1 heterocycles. The topological polar surface area (TPSA) is 84.0 Å². The van der Waals surface area contributed by atoms with Crippen molar-refractivity contribution in [3.63, 3.8) is 0 Å². The van der Waals surface area contributed by atoms with E-state index in [2.05, 4.69) is 20.6 Å². The number of anilines is 2. The van der Waals surface area contributed by atoms with Gasteiger partial charge in [0.15, 0.2) is 0 Å². The standard InChI is InChI=1S/C13H12N4O2/c1-9-3-5-10(6-4-9)16-11(18)12(19)17-13-14-7-2-8-15-13/h2-8H,1H3,(H,16,18)(H,14,15,17,19). The molecule has 0 aliphatic rings. The molecule has 19 heavy (non-hydrogen) atoms. The third kappa shape index (κ3) is 3.60. The summed E-state index contributed by atoms with van der Waals surface area (Å²) in [4.78, 5) is 30.8. The average molecular weight is 256 g/mol. The molecule has 1 aromatic carbocycles. The Bertz CT molecular complexity index is 581. The first-order valence-corrected chi connectivity index (χ1v) is 5.61. The second kappa shape index (κ2) is 5.72. The minimum Gasteiger partial charge on any atom is -0.318 e. The normalized spacial score (nSPS) is 9.74. The molecule has 2 aromatic rings. The number of rotatable bonds is 2. The Kier molecular flexibility index (Phi) is 3.82. The van der Waals surface area contributed by atoms with Crippen LogP contribution in [0.25, 0.3) is 0 Å². The lowest BCUT2D eigenvalue weighted by Gasteiger charge is -2.05. The molecule has 96 valence electrons. The van der Waals surface area contributed by atoms with Crippen LogP contribution in [0.15, 0.2) is 42.7 Å². The van der Waals surface area contributed by atoms with Gasteiger partial charge in [0.1, 0.15) is 0 Å². The Morgan fingerprint density at radius 3 is 2.16 bits per heavy atom. The first kappa shape index (κ1) is 12.7. The highest BCUT2D eigenvalue weighted by Gasteiger charge is 2.14. The van der Waals surface area contributed by atoms with E-state index in [-0.39, 0.29) is 5.95 Å². The second-order valence-electron chi connectivity index (χ2n) is 3.85. The highest BCUT2D eigenvalue weighted by molar-refractivity contribution is 6.43. The largest absolute Gasteiger partial charge is 0.318 e. The van der Waals surface area contributed by atoms with Gasteiger partial charge in [0, 0.05) is 18.1 Å². The van der Waals surface area contributed by atoms with Crippen molar-refractivity contribution in [2.75, 3.05) is 10.6 Å². The summed E-state index contributed by atoms with van der Waals surface area (Å²) in [6.45, 7) is 1.94. The SMILES string of the molecule is Cc1ccc(NC(=O)C(=O)Nc2ncccn2)cc1. The van der Waals surface area contributed by atoms with Crippen molar-refractivity contribution in [2.45, 2.75) is 6.92 Å². The van der Waals surface area contributed by atoms with E-state index in [1.165, 1.54) is 12.4 Å². The summed E-state index contributed by atoms with van der Waals surface area (Å²) in [5.41, 5.74) is 1.62. The Morgan fingerprint density at radius 2 is 1.53 bits per heavy atom. The van der Waals surface area contributed by atoms with Gasteiger partial charge in [0.05, 0.1) is 0 Å². The van der Waals surface area contributed by atoms with Crippen LogP contribution >= 0.6 is 0 Å². The summed E-state index contributed by atoms with van der Waals surface area (Å²) >= 11 is 0. The van der Waals surface area contributed by atoms with E-state index < -0.39 is 11.8 Å². The number of nitrogens with one attached hydrogen (secondary N) is 2. The molecule has 2 rings (SSSR count). The third-order valence-corrected chi connectivity index (χ3v) is 2.31. The summed E-state index contributed by atoms with van der Waals surface area (Å²) in [5.74, 6) is -1.49. The Balaban J connectivity index is 1.96. The lowest BCUT2D eigenvalue weighted by Crippen LogP contribution is -2.29. The fourth-order valence-electron chi connectivity index (χ4n) is 1.35. The maximum atomic E-state index is 11.6. The van der Waals surface area contributed by atoms with Gasteiger partial charge in [-0.3, -0.25) is 14.9 Å². The van der Waals surface area contributed by atoms with Gasteiger partial charge in [-0.25, -0.2) is 9.97 Å². The minimum absolute atomic E-state index is 0.0894. The summed E-state index contributed by atoms with van der Waals surface area (Å²) in [6, 6.07) is 8.74. The molecule has 1 aromatic heterocycles. The molecule has 0 spiro atoms. The molecular formula is C13H12N4O2. The molecule has 0 saturated heterocycles. The summed E-state index contributed by atoms with van der Waals surface area (Å²) < 4.78 is 0. The zero-order chi connectivity index (χ0) is 13.7. The van der Waals surface area contributed by atoms with Crippen molar-refractivity contribution >= 4 is 23.5 Å². The number of hydrogen-bond donors (Lipinski definition) is 2. The van der Waals surface area contributed by atoms with Crippen LogP contribution in [-0.2, 0) is 9.59 Å². The zero-order valence-corrected chi connectivity index (χ0v) is 10.3. The molecule has 0 fully saturated rings. The second-order valence-corrected chi connectivity index (χ2v) is 3.85. The van der Waals surface area contributed by atoms with Gasteiger partial charge in [0.25, 0.3) is 0 Å². The molecule has 6 heteroatoms. The van der Waals surface area contributed by atoms with E-state index in [0.29, 0.717) is 5.69 Å². The molecule has 0 saturated carbocycles. The van der Waals surface area contributed by atoms with Crippen LogP contribution < -0.4 is 10.6 Å². The van der Waals surface area contributed by atoms with Crippen molar-refractivity contribution in [2.24, 2.45) is 0 Å². The first-order chi connectivity index (χ1) is 9.15. The summed E-state index contributed by atoms with van der Waals surface area (Å²) in [7, 11) is 0. The van der Waals surface area contributed by atoms with E-state index in [4.69, 9.17) is 0 Å². The van der Waals surface area contributed by atoms with E-state index in [1.807, 2.05) is 19.1 Å². The highest BCUT2D eigenvalue weighted by Crippen LogP contribution is 2.08. The quantitative estimate of drug-likeness (QED) is 0.795. The van der Waals surface area contributed by atoms with E-state index in [9.17, 15) is 9.59 Å². The molecule has 0 aliphatic heterocycles. The van der Waals surface area contributed by atoms with Crippen molar-refractivity contribution in [3.05, 3.63) is 48.3 Å². The first-order valence-electron chi connectivity index (χ1n) is 5.61. The lowest BCUT2D eigenvalue weighted by molar-refractivity contribution is -0.133. The molecule has 2 N–H and O–H groups in total. The van der Waals surface area contributed by atoms with Gasteiger partial charge in [-0.1, -0.05) is 17.7 Å². The number of carbonyl (C=O) groups excluding carboxylic acids is 2. The van der Waals surface area contributed by atoms with E-state index >= 15 is 0 Å². The number of amides is 2. The minimum atomic E-state index is -0.813. The van der Waals surface area contributed by atoms with E-state index in [0.717, 1.165) is 5.56 Å². The lowest BCUT2D eigenvalue weighted by atomic mass is 10.2. The Morgan fingerprint density at radius 1 is 0.947 bits per heavy atom. The van der Waals surface area contributed by atoms with Crippen molar-refractivity contribution in [1.29, 1.82) is 0 Å². The molecule has 0 radical (unpaired) electrons. The van der Waals surface area contributed by atoms with Gasteiger partial charge in [-0.2, -0.15) is 0 Å². The predicted octanol–water partition coefficient (Wildman–Crippen LogP) is 1.36. The zero-order valence-electron chi connectivity index (χ0n) is 10.3. The molecule has 0 atom stereocenters. The maximum absolute atomic E-state index is 11.6. The molecule has 0 bridgehead atoms. The molecule has 6 nitrogen and oxygen atoms in total.